The van der Waals surface area contributed by atoms with Gasteiger partial charge in [0.15, 0.2) is 0 Å². The van der Waals surface area contributed by atoms with E-state index < -0.39 is 0 Å². The molecule has 0 amide bonds. The van der Waals surface area contributed by atoms with Gasteiger partial charge in [-0.25, -0.2) is 9.97 Å². The van der Waals surface area contributed by atoms with Crippen molar-refractivity contribution in [1.29, 1.82) is 0 Å². The summed E-state index contributed by atoms with van der Waals surface area (Å²) in [5, 5.41) is 0. The standard InChI is InChI=1S/C17H21N3O2/c1-21-14-5-3-13(4-6-14)7-9-20-10-8-16-15(11-20)17(22-2)19-12-18-16/h3-6,12H,7-11H2,1-2H3. The number of nitrogens with zero attached hydrogens (tertiary/aromatic N) is 3. The van der Waals surface area contributed by atoms with Gasteiger partial charge in [0.1, 0.15) is 12.1 Å². The van der Waals surface area contributed by atoms with Gasteiger partial charge in [-0.15, -0.1) is 0 Å². The molecular formula is C17H21N3O2. The Morgan fingerprint density at radius 2 is 1.91 bits per heavy atom. The van der Waals surface area contributed by atoms with Crippen molar-refractivity contribution in [1.82, 2.24) is 14.9 Å². The van der Waals surface area contributed by atoms with Crippen molar-refractivity contribution in [3.05, 3.63) is 47.4 Å². The summed E-state index contributed by atoms with van der Waals surface area (Å²) in [4.78, 5) is 11.0. The first-order valence-corrected chi connectivity index (χ1v) is 7.52. The minimum absolute atomic E-state index is 0.708. The Balaban J connectivity index is 1.62. The van der Waals surface area contributed by atoms with Crippen molar-refractivity contribution >= 4 is 0 Å². The summed E-state index contributed by atoms with van der Waals surface area (Å²) in [6, 6.07) is 8.27. The van der Waals surface area contributed by atoms with Gasteiger partial charge < -0.3 is 9.47 Å². The molecule has 0 aliphatic carbocycles. The van der Waals surface area contributed by atoms with Crippen molar-refractivity contribution in [3.8, 4) is 11.6 Å². The fraction of sp³-hybridized carbons (Fsp3) is 0.412. The number of hydrogen-bond donors (Lipinski definition) is 0. The Kier molecular flexibility index (Phi) is 4.53. The molecule has 0 bridgehead atoms. The van der Waals surface area contributed by atoms with Crippen molar-refractivity contribution in [2.75, 3.05) is 27.3 Å². The minimum Gasteiger partial charge on any atom is -0.497 e. The van der Waals surface area contributed by atoms with E-state index in [0.717, 1.165) is 49.5 Å². The van der Waals surface area contributed by atoms with Crippen LogP contribution in [0.25, 0.3) is 0 Å². The van der Waals surface area contributed by atoms with Crippen LogP contribution in [0.2, 0.25) is 0 Å². The first kappa shape index (κ1) is 14.8. The summed E-state index contributed by atoms with van der Waals surface area (Å²) in [6.07, 6.45) is 3.57. The highest BCUT2D eigenvalue weighted by molar-refractivity contribution is 5.32. The molecule has 2 heterocycles. The van der Waals surface area contributed by atoms with Gasteiger partial charge >= 0.3 is 0 Å². The van der Waals surface area contributed by atoms with Crippen LogP contribution in [0.3, 0.4) is 0 Å². The molecule has 2 aromatic rings. The molecule has 0 spiro atoms. The lowest BCUT2D eigenvalue weighted by molar-refractivity contribution is 0.247. The largest absolute Gasteiger partial charge is 0.497 e. The number of fused-ring (bicyclic) bond motifs is 1. The average Bonchev–Trinajstić information content (AvgIpc) is 2.59. The highest BCUT2D eigenvalue weighted by atomic mass is 16.5. The molecule has 0 fully saturated rings. The molecule has 1 aromatic carbocycles. The number of ether oxygens (including phenoxy) is 2. The van der Waals surface area contributed by atoms with E-state index in [1.165, 1.54) is 5.56 Å². The Morgan fingerprint density at radius 1 is 1.09 bits per heavy atom. The van der Waals surface area contributed by atoms with Gasteiger partial charge in [0.2, 0.25) is 5.88 Å². The third-order valence-electron chi connectivity index (χ3n) is 4.11. The van der Waals surface area contributed by atoms with Crippen LogP contribution in [0, 0.1) is 0 Å². The maximum absolute atomic E-state index is 5.36. The van der Waals surface area contributed by atoms with Gasteiger partial charge in [-0.1, -0.05) is 12.1 Å². The summed E-state index contributed by atoms with van der Waals surface area (Å²) in [7, 11) is 3.36. The number of benzene rings is 1. The maximum atomic E-state index is 5.36. The molecule has 116 valence electrons. The van der Waals surface area contributed by atoms with E-state index in [0.29, 0.717) is 5.88 Å². The molecule has 0 atom stereocenters. The third-order valence-corrected chi connectivity index (χ3v) is 4.11. The fourth-order valence-corrected chi connectivity index (χ4v) is 2.82. The third kappa shape index (κ3) is 3.20. The van der Waals surface area contributed by atoms with E-state index in [1.54, 1.807) is 20.5 Å². The monoisotopic (exact) mass is 299 g/mol. The highest BCUT2D eigenvalue weighted by Gasteiger charge is 2.21. The van der Waals surface area contributed by atoms with Gasteiger partial charge in [-0.3, -0.25) is 4.90 Å². The summed E-state index contributed by atoms with van der Waals surface area (Å²) in [5.74, 6) is 1.61. The second-order valence-electron chi connectivity index (χ2n) is 5.43. The molecule has 0 saturated heterocycles. The first-order chi connectivity index (χ1) is 10.8. The molecule has 0 N–H and O–H groups in total. The lowest BCUT2D eigenvalue weighted by Gasteiger charge is -2.28. The van der Waals surface area contributed by atoms with Gasteiger partial charge in [-0.05, 0) is 24.1 Å². The van der Waals surface area contributed by atoms with E-state index >= 15 is 0 Å². The molecule has 1 aliphatic heterocycles. The van der Waals surface area contributed by atoms with Crippen LogP contribution in [-0.2, 0) is 19.4 Å². The van der Waals surface area contributed by atoms with E-state index in [2.05, 4.69) is 27.0 Å². The molecular weight excluding hydrogens is 278 g/mol. The second-order valence-corrected chi connectivity index (χ2v) is 5.43. The molecule has 3 rings (SSSR count). The molecule has 1 aliphatic rings. The minimum atomic E-state index is 0.708. The SMILES string of the molecule is COc1ccc(CCN2CCc3ncnc(OC)c3C2)cc1. The summed E-state index contributed by atoms with van der Waals surface area (Å²) < 4.78 is 10.5. The van der Waals surface area contributed by atoms with Crippen LogP contribution in [0.15, 0.2) is 30.6 Å². The molecule has 5 nitrogen and oxygen atoms in total. The number of methoxy groups -OCH3 is 2. The molecule has 22 heavy (non-hydrogen) atoms. The van der Waals surface area contributed by atoms with Gasteiger partial charge in [0.05, 0.1) is 19.9 Å². The number of rotatable bonds is 5. The topological polar surface area (TPSA) is 47.5 Å². The average molecular weight is 299 g/mol. The summed E-state index contributed by atoms with van der Waals surface area (Å²) >= 11 is 0. The summed E-state index contributed by atoms with van der Waals surface area (Å²) in [6.45, 7) is 2.91. The summed E-state index contributed by atoms with van der Waals surface area (Å²) in [5.41, 5.74) is 3.57. The quantitative estimate of drug-likeness (QED) is 0.846. The van der Waals surface area contributed by atoms with E-state index in [1.807, 2.05) is 12.1 Å². The Bertz CT molecular complexity index is 614. The van der Waals surface area contributed by atoms with Gasteiger partial charge in [0.25, 0.3) is 0 Å². The lowest BCUT2D eigenvalue weighted by atomic mass is 10.1. The van der Waals surface area contributed by atoms with Crippen LogP contribution in [0.1, 0.15) is 16.8 Å². The lowest BCUT2D eigenvalue weighted by Crippen LogP contribution is -2.33. The van der Waals surface area contributed by atoms with Crippen molar-refractivity contribution in [2.24, 2.45) is 0 Å². The highest BCUT2D eigenvalue weighted by Crippen LogP contribution is 2.24. The van der Waals surface area contributed by atoms with E-state index in [-0.39, 0.29) is 0 Å². The normalized spacial score (nSPS) is 14.5. The van der Waals surface area contributed by atoms with Crippen LogP contribution >= 0.6 is 0 Å². The molecule has 0 radical (unpaired) electrons. The molecule has 1 aromatic heterocycles. The Labute approximate surface area is 130 Å². The predicted octanol–water partition coefficient (Wildman–Crippen LogP) is 2.09. The van der Waals surface area contributed by atoms with Gasteiger partial charge in [-0.2, -0.15) is 0 Å². The fourth-order valence-electron chi connectivity index (χ4n) is 2.82. The van der Waals surface area contributed by atoms with Crippen LogP contribution in [-0.4, -0.2) is 42.2 Å². The van der Waals surface area contributed by atoms with Crippen molar-refractivity contribution in [2.45, 2.75) is 19.4 Å². The second kappa shape index (κ2) is 6.75. The molecule has 0 unspecified atom stereocenters. The number of aromatic nitrogens is 2. The zero-order chi connectivity index (χ0) is 15.4. The maximum Gasteiger partial charge on any atom is 0.220 e. The smallest absolute Gasteiger partial charge is 0.220 e. The Hall–Kier alpha value is -2.14. The van der Waals surface area contributed by atoms with Crippen LogP contribution in [0.5, 0.6) is 11.6 Å². The van der Waals surface area contributed by atoms with Gasteiger partial charge in [0, 0.05) is 31.6 Å². The van der Waals surface area contributed by atoms with Crippen LogP contribution in [0.4, 0.5) is 0 Å². The number of hydrogen-bond acceptors (Lipinski definition) is 5. The molecule has 0 saturated carbocycles. The van der Waals surface area contributed by atoms with E-state index in [9.17, 15) is 0 Å². The Morgan fingerprint density at radius 3 is 2.64 bits per heavy atom. The molecule has 5 heteroatoms. The van der Waals surface area contributed by atoms with E-state index in [4.69, 9.17) is 9.47 Å². The first-order valence-electron chi connectivity index (χ1n) is 7.52. The van der Waals surface area contributed by atoms with Crippen molar-refractivity contribution < 1.29 is 9.47 Å². The zero-order valence-corrected chi connectivity index (χ0v) is 13.1. The van der Waals surface area contributed by atoms with Crippen molar-refractivity contribution in [3.63, 3.8) is 0 Å². The van der Waals surface area contributed by atoms with Crippen LogP contribution < -0.4 is 9.47 Å². The zero-order valence-electron chi connectivity index (χ0n) is 13.1. The predicted molar refractivity (Wildman–Crippen MR) is 84.3 cm³/mol.